The van der Waals surface area contributed by atoms with Crippen molar-refractivity contribution in [1.29, 1.82) is 0 Å². The number of sulfonamides is 1. The molecule has 0 atom stereocenters. The Morgan fingerprint density at radius 2 is 1.69 bits per heavy atom. The lowest BCUT2D eigenvalue weighted by molar-refractivity contribution is -0.139. The third kappa shape index (κ3) is 4.34. The van der Waals surface area contributed by atoms with Crippen LogP contribution in [0.5, 0.6) is 0 Å². The van der Waals surface area contributed by atoms with Crippen molar-refractivity contribution >= 4 is 39.9 Å². The van der Waals surface area contributed by atoms with Crippen LogP contribution < -0.4 is 5.73 Å². The molecular formula is C17H25Cl2N3O3S. The van der Waals surface area contributed by atoms with E-state index in [1.807, 2.05) is 0 Å². The normalized spacial score (nSPS) is 21.1. The number of benzene rings is 1. The lowest BCUT2D eigenvalue weighted by Gasteiger charge is -2.40. The summed E-state index contributed by atoms with van der Waals surface area (Å²) in [6, 6.07) is 6.25. The number of nitrogens with two attached hydrogens (primary N) is 1. The van der Waals surface area contributed by atoms with Gasteiger partial charge in [0.15, 0.2) is 0 Å². The van der Waals surface area contributed by atoms with E-state index in [-0.39, 0.29) is 36.3 Å². The Kier molecular flexibility index (Phi) is 6.96. The number of nitrogens with zero attached hydrogens (tertiary/aromatic N) is 2. The van der Waals surface area contributed by atoms with Gasteiger partial charge >= 0.3 is 0 Å². The van der Waals surface area contributed by atoms with Crippen LogP contribution in [-0.4, -0.2) is 55.2 Å². The Labute approximate surface area is 166 Å². The van der Waals surface area contributed by atoms with Gasteiger partial charge in [-0.3, -0.25) is 4.79 Å². The number of carbonyl (C=O) groups excluding carboxylic acids is 1. The highest BCUT2D eigenvalue weighted by atomic mass is 35.5. The van der Waals surface area contributed by atoms with E-state index in [1.165, 1.54) is 16.4 Å². The monoisotopic (exact) mass is 421 g/mol. The van der Waals surface area contributed by atoms with E-state index in [4.69, 9.17) is 17.3 Å². The first-order valence-corrected chi connectivity index (χ1v) is 10.5. The molecule has 2 N–H and O–H groups in total. The molecule has 146 valence electrons. The molecule has 26 heavy (non-hydrogen) atoms. The molecule has 3 rings (SSSR count). The minimum atomic E-state index is -3.59. The molecule has 0 unspecified atom stereocenters. The van der Waals surface area contributed by atoms with Gasteiger partial charge in [0.25, 0.3) is 0 Å². The summed E-state index contributed by atoms with van der Waals surface area (Å²) in [4.78, 5) is 14.7. The summed E-state index contributed by atoms with van der Waals surface area (Å²) in [5.74, 6) is -0.0352. The van der Waals surface area contributed by atoms with E-state index in [9.17, 15) is 13.2 Å². The average Bonchev–Trinajstić information content (AvgIpc) is 2.62. The molecule has 1 aliphatic carbocycles. The van der Waals surface area contributed by atoms with Crippen LogP contribution in [-0.2, 0) is 14.8 Å². The van der Waals surface area contributed by atoms with E-state index in [1.54, 1.807) is 17.0 Å². The van der Waals surface area contributed by atoms with Crippen molar-refractivity contribution in [3.05, 3.63) is 29.3 Å². The third-order valence-corrected chi connectivity index (χ3v) is 7.26. The lowest BCUT2D eigenvalue weighted by Crippen LogP contribution is -2.60. The maximum absolute atomic E-state index is 12.8. The Morgan fingerprint density at radius 3 is 2.27 bits per heavy atom. The second-order valence-electron chi connectivity index (χ2n) is 6.87. The standard InChI is InChI=1S/C17H24ClN3O3S.ClH/c18-14-5-4-6-15(13-14)25(23,24)21-11-9-20(10-12-21)16(22)17(19)7-2-1-3-8-17;/h4-6,13H,1-3,7-12,19H2;1H. The van der Waals surface area contributed by atoms with Gasteiger partial charge in [-0.05, 0) is 31.0 Å². The fourth-order valence-corrected chi connectivity index (χ4v) is 5.34. The first-order valence-electron chi connectivity index (χ1n) is 8.67. The molecule has 0 aromatic heterocycles. The first kappa shape index (κ1) is 21.4. The molecule has 1 saturated heterocycles. The van der Waals surface area contributed by atoms with Crippen LogP contribution in [0.2, 0.25) is 5.02 Å². The summed E-state index contributed by atoms with van der Waals surface area (Å²) < 4.78 is 26.8. The molecular weight excluding hydrogens is 397 g/mol. The lowest BCUT2D eigenvalue weighted by atomic mass is 9.81. The summed E-state index contributed by atoms with van der Waals surface area (Å²) in [6.45, 7) is 1.29. The van der Waals surface area contributed by atoms with Gasteiger partial charge in [0.2, 0.25) is 15.9 Å². The maximum Gasteiger partial charge on any atom is 0.243 e. The molecule has 1 aliphatic heterocycles. The van der Waals surface area contributed by atoms with Gasteiger partial charge in [0, 0.05) is 31.2 Å². The molecule has 9 heteroatoms. The Hall–Kier alpha value is -0.860. The average molecular weight is 422 g/mol. The highest BCUT2D eigenvalue weighted by Gasteiger charge is 2.40. The maximum atomic E-state index is 12.8. The molecule has 2 fully saturated rings. The van der Waals surface area contributed by atoms with Gasteiger partial charge in [-0.1, -0.05) is 36.9 Å². The van der Waals surface area contributed by atoms with E-state index in [0.29, 0.717) is 31.0 Å². The number of hydrogen-bond donors (Lipinski definition) is 1. The molecule has 2 aliphatic rings. The van der Waals surface area contributed by atoms with Crippen molar-refractivity contribution < 1.29 is 13.2 Å². The van der Waals surface area contributed by atoms with Crippen LogP contribution in [0.25, 0.3) is 0 Å². The smallest absolute Gasteiger partial charge is 0.243 e. The predicted octanol–water partition coefficient (Wildman–Crippen LogP) is 2.26. The van der Waals surface area contributed by atoms with Crippen molar-refractivity contribution in [2.45, 2.75) is 42.5 Å². The zero-order chi connectivity index (χ0) is 18.1. The van der Waals surface area contributed by atoms with E-state index < -0.39 is 15.6 Å². The fourth-order valence-electron chi connectivity index (χ4n) is 3.62. The number of halogens is 2. The molecule has 0 spiro atoms. The Bertz CT molecular complexity index is 743. The minimum absolute atomic E-state index is 0. The Balaban J connectivity index is 0.00000243. The van der Waals surface area contributed by atoms with Gasteiger partial charge in [-0.25, -0.2) is 8.42 Å². The van der Waals surface area contributed by atoms with Crippen LogP contribution in [0, 0.1) is 0 Å². The molecule has 1 saturated carbocycles. The van der Waals surface area contributed by atoms with E-state index in [0.717, 1.165) is 19.3 Å². The van der Waals surface area contributed by atoms with Crippen molar-refractivity contribution in [1.82, 2.24) is 9.21 Å². The Morgan fingerprint density at radius 1 is 1.08 bits per heavy atom. The minimum Gasteiger partial charge on any atom is -0.338 e. The van der Waals surface area contributed by atoms with Gasteiger partial charge in [-0.2, -0.15) is 4.31 Å². The van der Waals surface area contributed by atoms with Crippen LogP contribution in [0.15, 0.2) is 29.2 Å². The number of amides is 1. The second kappa shape index (κ2) is 8.44. The molecule has 1 aromatic rings. The highest BCUT2D eigenvalue weighted by Crippen LogP contribution is 2.28. The summed E-state index contributed by atoms with van der Waals surface area (Å²) in [5, 5.41) is 0.386. The van der Waals surface area contributed by atoms with Crippen LogP contribution >= 0.6 is 24.0 Å². The van der Waals surface area contributed by atoms with Crippen LogP contribution in [0.4, 0.5) is 0 Å². The van der Waals surface area contributed by atoms with Crippen molar-refractivity contribution in [3.63, 3.8) is 0 Å². The molecule has 1 heterocycles. The zero-order valence-corrected chi connectivity index (χ0v) is 17.0. The molecule has 0 bridgehead atoms. The first-order chi connectivity index (χ1) is 11.8. The number of carbonyl (C=O) groups is 1. The van der Waals surface area contributed by atoms with Crippen molar-refractivity contribution in [2.75, 3.05) is 26.2 Å². The largest absolute Gasteiger partial charge is 0.338 e. The summed E-state index contributed by atoms with van der Waals surface area (Å²) in [6.07, 6.45) is 4.51. The van der Waals surface area contributed by atoms with Crippen LogP contribution in [0.3, 0.4) is 0 Å². The summed E-state index contributed by atoms with van der Waals surface area (Å²) >= 11 is 5.91. The fraction of sp³-hybridized carbons (Fsp3) is 0.588. The molecule has 1 aromatic carbocycles. The zero-order valence-electron chi connectivity index (χ0n) is 14.6. The number of piperazine rings is 1. The molecule has 0 radical (unpaired) electrons. The SMILES string of the molecule is Cl.NC1(C(=O)N2CCN(S(=O)(=O)c3cccc(Cl)c3)CC2)CCCCC1. The van der Waals surface area contributed by atoms with Crippen molar-refractivity contribution in [2.24, 2.45) is 5.73 Å². The highest BCUT2D eigenvalue weighted by molar-refractivity contribution is 7.89. The quantitative estimate of drug-likeness (QED) is 0.810. The van der Waals surface area contributed by atoms with Crippen LogP contribution in [0.1, 0.15) is 32.1 Å². The van der Waals surface area contributed by atoms with E-state index >= 15 is 0 Å². The molecule has 6 nitrogen and oxygen atoms in total. The number of hydrogen-bond acceptors (Lipinski definition) is 4. The summed E-state index contributed by atoms with van der Waals surface area (Å²) in [7, 11) is -3.59. The van der Waals surface area contributed by atoms with Gasteiger partial charge < -0.3 is 10.6 Å². The van der Waals surface area contributed by atoms with Crippen molar-refractivity contribution in [3.8, 4) is 0 Å². The third-order valence-electron chi connectivity index (χ3n) is 5.13. The van der Waals surface area contributed by atoms with Gasteiger partial charge in [-0.15, -0.1) is 12.4 Å². The number of rotatable bonds is 3. The summed E-state index contributed by atoms with van der Waals surface area (Å²) in [5.41, 5.74) is 5.55. The molecule has 1 amide bonds. The van der Waals surface area contributed by atoms with Gasteiger partial charge in [0.05, 0.1) is 10.4 Å². The topological polar surface area (TPSA) is 83.7 Å². The second-order valence-corrected chi connectivity index (χ2v) is 9.24. The van der Waals surface area contributed by atoms with E-state index in [2.05, 4.69) is 0 Å². The van der Waals surface area contributed by atoms with Gasteiger partial charge in [0.1, 0.15) is 0 Å². The predicted molar refractivity (Wildman–Crippen MR) is 104 cm³/mol.